The summed E-state index contributed by atoms with van der Waals surface area (Å²) in [5.41, 5.74) is 1.38. The van der Waals surface area contributed by atoms with E-state index in [1.54, 1.807) is 0 Å². The van der Waals surface area contributed by atoms with Crippen LogP contribution in [0.1, 0.15) is 90.0 Å². The van der Waals surface area contributed by atoms with Crippen molar-refractivity contribution in [3.8, 4) is 5.75 Å². The van der Waals surface area contributed by atoms with E-state index >= 15 is 0 Å². The van der Waals surface area contributed by atoms with Gasteiger partial charge in [-0.3, -0.25) is 4.79 Å². The third-order valence-corrected chi connectivity index (χ3v) is 6.45. The minimum Gasteiger partial charge on any atom is -0.491 e. The second-order valence-electron chi connectivity index (χ2n) is 10.1. The second-order valence-corrected chi connectivity index (χ2v) is 10.1. The highest BCUT2D eigenvalue weighted by atomic mass is 16.6. The zero-order chi connectivity index (χ0) is 29.5. The number of ether oxygens (including phenoxy) is 7. The van der Waals surface area contributed by atoms with Crippen molar-refractivity contribution in [3.63, 3.8) is 0 Å². The van der Waals surface area contributed by atoms with E-state index in [1.165, 1.54) is 50.5 Å². The Hall–Kier alpha value is -1.71. The monoisotopic (exact) mass is 582 g/mol. The average molecular weight is 583 g/mol. The van der Waals surface area contributed by atoms with Crippen molar-refractivity contribution >= 4 is 5.97 Å². The molecule has 0 radical (unpaired) electrons. The number of unbranched alkanes of at least 4 members (excludes halogenated alkanes) is 8. The highest BCUT2D eigenvalue weighted by Gasteiger charge is 2.02. The number of benzene rings is 1. The van der Waals surface area contributed by atoms with Crippen LogP contribution in [-0.2, 0) is 39.6 Å². The van der Waals surface area contributed by atoms with Crippen LogP contribution in [-0.4, -0.2) is 85.3 Å². The van der Waals surface area contributed by atoms with Crippen LogP contribution in [0.5, 0.6) is 5.75 Å². The summed E-state index contributed by atoms with van der Waals surface area (Å²) in [4.78, 5) is 11.5. The predicted octanol–water partition coefficient (Wildman–Crippen LogP) is 6.57. The van der Waals surface area contributed by atoms with Crippen LogP contribution >= 0.6 is 0 Å². The summed E-state index contributed by atoms with van der Waals surface area (Å²) in [7, 11) is 0. The van der Waals surface area contributed by atoms with Gasteiger partial charge >= 0.3 is 5.97 Å². The molecule has 0 saturated heterocycles. The van der Waals surface area contributed by atoms with Crippen LogP contribution in [0, 0.1) is 0 Å². The molecule has 0 heterocycles. The number of esters is 1. The van der Waals surface area contributed by atoms with E-state index in [-0.39, 0.29) is 5.97 Å². The molecule has 1 aromatic rings. The van der Waals surface area contributed by atoms with Gasteiger partial charge in [-0.05, 0) is 37.0 Å². The van der Waals surface area contributed by atoms with E-state index in [0.717, 1.165) is 31.4 Å². The first kappa shape index (κ1) is 37.3. The molecule has 8 nitrogen and oxygen atoms in total. The van der Waals surface area contributed by atoms with Crippen molar-refractivity contribution in [1.82, 2.24) is 0 Å². The maximum atomic E-state index is 11.5. The highest BCUT2D eigenvalue weighted by Crippen LogP contribution is 2.15. The first-order valence-electron chi connectivity index (χ1n) is 16.0. The molecule has 1 rings (SSSR count). The molecule has 0 spiro atoms. The van der Waals surface area contributed by atoms with Gasteiger partial charge in [0.1, 0.15) is 19.0 Å². The van der Waals surface area contributed by atoms with Gasteiger partial charge in [-0.15, -0.1) is 0 Å². The molecule has 0 unspecified atom stereocenters. The molecule has 0 fully saturated rings. The molecule has 238 valence electrons. The lowest BCUT2D eigenvalue weighted by molar-refractivity contribution is -0.145. The SMILES string of the molecule is CCCCCCCCCc1ccc(OCCOCCOCCOCCOCCOCCOC(=O)CCCCC)cc1. The molecule has 41 heavy (non-hydrogen) atoms. The van der Waals surface area contributed by atoms with E-state index < -0.39 is 0 Å². The van der Waals surface area contributed by atoms with Crippen molar-refractivity contribution < 1.29 is 38.0 Å². The molecule has 0 aromatic heterocycles. The number of carbonyl (C=O) groups is 1. The van der Waals surface area contributed by atoms with Crippen molar-refractivity contribution in [2.45, 2.75) is 90.9 Å². The molecular weight excluding hydrogens is 524 g/mol. The van der Waals surface area contributed by atoms with Gasteiger partial charge in [0.25, 0.3) is 0 Å². The summed E-state index contributed by atoms with van der Waals surface area (Å²) in [6, 6.07) is 8.44. The van der Waals surface area contributed by atoms with Gasteiger partial charge in [-0.2, -0.15) is 0 Å². The Bertz CT molecular complexity index is 682. The number of carbonyl (C=O) groups excluding carboxylic acids is 1. The minimum absolute atomic E-state index is 0.150. The lowest BCUT2D eigenvalue weighted by atomic mass is 10.0. The van der Waals surface area contributed by atoms with Gasteiger partial charge in [0.05, 0.1) is 66.1 Å². The van der Waals surface area contributed by atoms with Crippen molar-refractivity contribution in [2.75, 3.05) is 79.3 Å². The molecule has 0 aliphatic carbocycles. The van der Waals surface area contributed by atoms with E-state index in [4.69, 9.17) is 33.2 Å². The Labute approximate surface area is 249 Å². The van der Waals surface area contributed by atoms with Gasteiger partial charge in [0, 0.05) is 6.42 Å². The molecule has 0 N–H and O–H groups in total. The molecule has 0 aliphatic rings. The lowest BCUT2D eigenvalue weighted by Gasteiger charge is -2.09. The van der Waals surface area contributed by atoms with Crippen LogP contribution in [0.4, 0.5) is 0 Å². The molecule has 0 amide bonds. The smallest absolute Gasteiger partial charge is 0.305 e. The topological polar surface area (TPSA) is 81.7 Å². The van der Waals surface area contributed by atoms with Gasteiger partial charge < -0.3 is 33.2 Å². The summed E-state index contributed by atoms with van der Waals surface area (Å²) in [5.74, 6) is 0.736. The fraction of sp³-hybridized carbons (Fsp3) is 0.788. The molecule has 0 aliphatic heterocycles. The third kappa shape index (κ3) is 25.7. The summed E-state index contributed by atoms with van der Waals surface area (Å²) < 4.78 is 38.3. The van der Waals surface area contributed by atoms with E-state index in [0.29, 0.717) is 85.7 Å². The minimum atomic E-state index is -0.150. The molecule has 0 bridgehead atoms. The maximum Gasteiger partial charge on any atom is 0.305 e. The van der Waals surface area contributed by atoms with Gasteiger partial charge in [0.15, 0.2) is 0 Å². The molecule has 0 saturated carbocycles. The normalized spacial score (nSPS) is 11.2. The van der Waals surface area contributed by atoms with E-state index in [2.05, 4.69) is 38.1 Å². The summed E-state index contributed by atoms with van der Waals surface area (Å²) in [5, 5.41) is 0. The molecular formula is C33H58O8. The molecule has 0 atom stereocenters. The summed E-state index contributed by atoms with van der Waals surface area (Å²) in [6.45, 7) is 10.2. The fourth-order valence-electron chi connectivity index (χ4n) is 4.04. The van der Waals surface area contributed by atoms with Gasteiger partial charge in [-0.1, -0.05) is 77.3 Å². The standard InChI is InChI=1S/C33H58O8/c1-3-5-7-8-9-10-12-13-31-15-17-32(18-16-31)40-29-27-38-25-23-36-21-19-35-20-22-37-24-26-39-28-30-41-33(34)14-11-6-4-2/h15-18H,3-14,19-30H2,1-2H3. The van der Waals surface area contributed by atoms with Crippen molar-refractivity contribution in [1.29, 1.82) is 0 Å². The Kier molecular flexibility index (Phi) is 27.1. The average Bonchev–Trinajstić information content (AvgIpc) is 2.98. The molecule has 1 aromatic carbocycles. The number of rotatable bonds is 31. The highest BCUT2D eigenvalue weighted by molar-refractivity contribution is 5.69. The fourth-order valence-corrected chi connectivity index (χ4v) is 4.04. The first-order valence-corrected chi connectivity index (χ1v) is 16.0. The van der Waals surface area contributed by atoms with Crippen molar-refractivity contribution in [2.24, 2.45) is 0 Å². The quantitative estimate of drug-likeness (QED) is 0.0719. The van der Waals surface area contributed by atoms with Crippen LogP contribution in [0.25, 0.3) is 0 Å². The Morgan fingerprint density at radius 2 is 0.951 bits per heavy atom. The number of hydrogen-bond acceptors (Lipinski definition) is 8. The van der Waals surface area contributed by atoms with Gasteiger partial charge in [-0.25, -0.2) is 0 Å². The van der Waals surface area contributed by atoms with E-state index in [9.17, 15) is 4.79 Å². The maximum absolute atomic E-state index is 11.5. The third-order valence-electron chi connectivity index (χ3n) is 6.45. The summed E-state index contributed by atoms with van der Waals surface area (Å²) in [6.07, 6.45) is 14.1. The van der Waals surface area contributed by atoms with Gasteiger partial charge in [0.2, 0.25) is 0 Å². The zero-order valence-electron chi connectivity index (χ0n) is 26.0. The van der Waals surface area contributed by atoms with Crippen LogP contribution < -0.4 is 4.74 Å². The number of aryl methyl sites for hydroxylation is 1. The Morgan fingerprint density at radius 1 is 0.512 bits per heavy atom. The summed E-state index contributed by atoms with van der Waals surface area (Å²) >= 11 is 0. The first-order chi connectivity index (χ1) is 20.3. The Morgan fingerprint density at radius 3 is 1.49 bits per heavy atom. The lowest BCUT2D eigenvalue weighted by Crippen LogP contribution is -2.15. The van der Waals surface area contributed by atoms with Crippen LogP contribution in [0.2, 0.25) is 0 Å². The predicted molar refractivity (Wildman–Crippen MR) is 163 cm³/mol. The zero-order valence-corrected chi connectivity index (χ0v) is 26.0. The largest absolute Gasteiger partial charge is 0.491 e. The van der Waals surface area contributed by atoms with Crippen LogP contribution in [0.3, 0.4) is 0 Å². The van der Waals surface area contributed by atoms with Crippen molar-refractivity contribution in [3.05, 3.63) is 29.8 Å². The second kappa shape index (κ2) is 29.8. The number of hydrogen-bond donors (Lipinski definition) is 0. The van der Waals surface area contributed by atoms with E-state index in [1.807, 2.05) is 0 Å². The molecule has 8 heteroatoms. The Balaban J connectivity index is 1.78. The van der Waals surface area contributed by atoms with Crippen LogP contribution in [0.15, 0.2) is 24.3 Å².